The van der Waals surface area contributed by atoms with Gasteiger partial charge in [-0.1, -0.05) is 0 Å². The molecule has 9 aromatic rings. The number of aliphatic hydroxyl groups is 2. The van der Waals surface area contributed by atoms with Crippen LogP contribution in [0.15, 0.2) is 158 Å². The zero-order chi connectivity index (χ0) is 95.0. The van der Waals surface area contributed by atoms with E-state index in [1.54, 1.807) is 110 Å². The number of piperidine rings is 4. The molecule has 0 spiro atoms. The predicted octanol–water partition coefficient (Wildman–Crippen LogP) is 10.2. The summed E-state index contributed by atoms with van der Waals surface area (Å²) in [5.74, 6) is 1.63. The van der Waals surface area contributed by atoms with Crippen molar-refractivity contribution in [3.05, 3.63) is 181 Å². The Bertz CT molecular complexity index is 5820. The molecule has 11 atom stereocenters. The number of hydrogen-bond donors (Lipinski definition) is 5. The number of aromatic nitrogens is 6. The lowest BCUT2D eigenvalue weighted by molar-refractivity contribution is -0.143. The Labute approximate surface area is 783 Å². The van der Waals surface area contributed by atoms with Crippen LogP contribution in [-0.4, -0.2) is 318 Å². The van der Waals surface area contributed by atoms with Crippen LogP contribution in [0.25, 0.3) is 34.2 Å². The van der Waals surface area contributed by atoms with Crippen LogP contribution in [0.2, 0.25) is 0 Å². The van der Waals surface area contributed by atoms with Crippen molar-refractivity contribution in [2.75, 3.05) is 178 Å². The zero-order valence-electron chi connectivity index (χ0n) is 75.5. The van der Waals surface area contributed by atoms with E-state index in [4.69, 9.17) is 33.2 Å². The maximum atomic E-state index is 15.2. The standard InChI is InChI=1S/C35H38FN7O5.C32H35F2N7O4.C31H34F2N6O4/c36-28-19-43(35(46)23-16-29(44)30(45)17-23)10-8-32(28)48-31-6-1-22(15-24(31)18-37)34-38-9-7-33(40-34)39-25-2-4-26(5-3-25)41-11-13-42(14-12-41)27-20-47-21-27;1-43-20-31(42)41-9-7-29(26(34)17-41)45-28-5-2-21(14-22(28)16-35)32-36-8-6-30(38-32)37-23-3-4-27(25(33)15-23)40-12-10-39(11-13-40)24-18-44-19-24;1-19(40)31(41)39-14-11-28(25(33)18-39)43-26-8-3-20(15-21(26)16-34)30-35-12-9-29(37-30)36-22-4-6-23(7-5-22)42-27-10-13-38(2)17-24(27)32/h1-7,9,15,23,27-29,32,44H,8,10-14,16-17,19-21H2,(H,38,39,40);2-6,8,14-15,24,26,29H,7,9-13,17-20H2,1H3,(H,36,37,38);3-9,12,15,19,24-25,27-28,40H,10-11,13-14,17-18H2,1-2H3,(H,35,36,37)/t23-,28-,29-,32+;26-,29+;19-,24+,25+,27-,28-/m110/s1. The highest BCUT2D eigenvalue weighted by atomic mass is 19.1. The summed E-state index contributed by atoms with van der Waals surface area (Å²) in [4.78, 5) is 90.8. The van der Waals surface area contributed by atoms with Gasteiger partial charge in [-0.25, -0.2) is 51.9 Å². The molecule has 136 heavy (non-hydrogen) atoms. The number of halogens is 5. The smallest absolute Gasteiger partial charge is 0.251 e. The number of alkyl halides is 4. The number of carbonyl (C=O) groups is 4. The lowest BCUT2D eigenvalue weighted by Gasteiger charge is -2.43. The first-order chi connectivity index (χ1) is 65.9. The number of rotatable bonds is 25. The molecule has 18 rings (SSSR count). The number of nitrogens with zero attached hydrogens (tertiary/aromatic N) is 17. The molecule has 1 saturated carbocycles. The van der Waals surface area contributed by atoms with E-state index in [2.05, 4.69) is 95.8 Å². The van der Waals surface area contributed by atoms with Crippen molar-refractivity contribution in [3.8, 4) is 75.4 Å². The van der Waals surface area contributed by atoms with Crippen LogP contribution in [0.4, 0.5) is 67.8 Å². The number of ketones is 1. The lowest BCUT2D eigenvalue weighted by Crippen LogP contribution is -2.56. The zero-order valence-corrected chi connectivity index (χ0v) is 75.5. The summed E-state index contributed by atoms with van der Waals surface area (Å²) in [7, 11) is 3.31. The van der Waals surface area contributed by atoms with Gasteiger partial charge >= 0.3 is 0 Å². The first-order valence-corrected chi connectivity index (χ1v) is 45.7. The summed E-state index contributed by atoms with van der Waals surface area (Å²) < 4.78 is 113. The van der Waals surface area contributed by atoms with Crippen LogP contribution in [0, 0.1) is 45.7 Å². The van der Waals surface area contributed by atoms with Crippen LogP contribution in [-0.2, 0) is 33.4 Å². The number of piperazine rings is 2. The summed E-state index contributed by atoms with van der Waals surface area (Å²) in [5.41, 5.74) is 6.31. The highest BCUT2D eigenvalue weighted by Gasteiger charge is 2.43. The van der Waals surface area contributed by atoms with Gasteiger partial charge in [0.15, 0.2) is 41.8 Å². The molecule has 6 aromatic carbocycles. The molecule has 33 nitrogen and oxygen atoms in total. The molecule has 38 heteroatoms. The van der Waals surface area contributed by atoms with Crippen molar-refractivity contribution in [1.82, 2.24) is 59.3 Å². The minimum atomic E-state index is -1.48. The fourth-order valence-corrected chi connectivity index (χ4v) is 17.8. The summed E-state index contributed by atoms with van der Waals surface area (Å²) >= 11 is 0. The van der Waals surface area contributed by atoms with Gasteiger partial charge in [0.25, 0.3) is 5.91 Å². The summed E-state index contributed by atoms with van der Waals surface area (Å²) in [5, 5.41) is 58.4. The van der Waals surface area contributed by atoms with Crippen molar-refractivity contribution >= 4 is 69.4 Å². The maximum absolute atomic E-state index is 15.2. The van der Waals surface area contributed by atoms with Crippen molar-refractivity contribution in [2.45, 2.75) is 119 Å². The van der Waals surface area contributed by atoms with E-state index in [1.165, 1.54) is 40.5 Å². The molecule has 9 aliphatic rings. The molecule has 9 fully saturated rings. The third-order valence-electron chi connectivity index (χ3n) is 25.7. The quantitative estimate of drug-likeness (QED) is 0.0332. The Morgan fingerprint density at radius 2 is 0.926 bits per heavy atom. The van der Waals surface area contributed by atoms with Gasteiger partial charge in [0.05, 0.1) is 80.5 Å². The van der Waals surface area contributed by atoms with Crippen LogP contribution >= 0.6 is 0 Å². The second kappa shape index (κ2) is 44.4. The molecule has 0 radical (unpaired) electrons. The molecule has 712 valence electrons. The first kappa shape index (κ1) is 95.8. The third kappa shape index (κ3) is 23.8. The fourth-order valence-electron chi connectivity index (χ4n) is 17.8. The summed E-state index contributed by atoms with van der Waals surface area (Å²) in [6, 6.07) is 47.8. The number of nitrogens with one attached hydrogen (secondary N) is 3. The second-order valence-corrected chi connectivity index (χ2v) is 35.0. The van der Waals surface area contributed by atoms with E-state index >= 15 is 8.78 Å². The van der Waals surface area contributed by atoms with Crippen molar-refractivity contribution in [1.29, 1.82) is 15.8 Å². The van der Waals surface area contributed by atoms with Crippen molar-refractivity contribution < 1.29 is 84.5 Å². The van der Waals surface area contributed by atoms with Gasteiger partial charge in [-0.3, -0.25) is 29.0 Å². The molecule has 8 aliphatic heterocycles. The summed E-state index contributed by atoms with van der Waals surface area (Å²) in [6.45, 7) is 13.3. The highest BCUT2D eigenvalue weighted by Crippen LogP contribution is 2.37. The maximum Gasteiger partial charge on any atom is 0.251 e. The van der Waals surface area contributed by atoms with Gasteiger partial charge in [0.2, 0.25) is 11.8 Å². The van der Waals surface area contributed by atoms with Crippen LogP contribution < -0.4 is 44.7 Å². The first-order valence-electron chi connectivity index (χ1n) is 45.7. The number of amides is 3. The van der Waals surface area contributed by atoms with E-state index in [9.17, 15) is 58.3 Å². The average Bonchev–Trinajstić information content (AvgIpc) is 1.05. The van der Waals surface area contributed by atoms with E-state index < -0.39 is 73.1 Å². The minimum Gasteiger partial charge on any atom is -0.487 e. The Morgan fingerprint density at radius 1 is 0.507 bits per heavy atom. The number of likely N-dealkylation sites (tertiary alicyclic amines) is 4. The number of benzene rings is 6. The van der Waals surface area contributed by atoms with E-state index in [1.807, 2.05) is 42.3 Å². The number of hydrogen-bond acceptors (Lipinski definition) is 30. The van der Waals surface area contributed by atoms with Crippen molar-refractivity contribution in [3.63, 3.8) is 0 Å². The minimum absolute atomic E-state index is 0.0173. The van der Waals surface area contributed by atoms with Crippen LogP contribution in [0.5, 0.6) is 23.0 Å². The highest BCUT2D eigenvalue weighted by molar-refractivity contribution is 5.93. The van der Waals surface area contributed by atoms with Gasteiger partial charge in [0, 0.05) is 182 Å². The molecule has 0 bridgehead atoms. The SMILES string of the molecule is COCC(=O)N1CC[C@H](Oc2ccc(-c3nccc(Nc4ccc(N5CCN(C6COC6)CC5)c(F)c4)n3)cc2C#N)[C@H](F)C1.C[C@H](O)C(=O)N1CC[C@H](Oc2ccc(-c3nccc(Nc4ccc(O[C@H]5CCN(C)C[C@H]5F)cc4)n3)cc2C#N)[C@H](F)C1.N#Cc1cc(-c2nccc(Nc3ccc(N4CCN(C5COC5)CC4)cc3)n2)ccc1O[C@H]1CCN(C(=O)[C@H]2CC(=O)[C@H](O)C2)C[C@H]1F. The van der Waals surface area contributed by atoms with Gasteiger partial charge < -0.3 is 88.7 Å². The molecule has 8 saturated heterocycles. The van der Waals surface area contributed by atoms with Gasteiger partial charge in [-0.15, -0.1) is 0 Å². The Balaban J connectivity index is 0.000000148. The molecular weight excluding hydrogens is 1760 g/mol. The molecule has 11 heterocycles. The largest absolute Gasteiger partial charge is 0.487 e. The monoisotopic (exact) mass is 1870 g/mol. The van der Waals surface area contributed by atoms with Crippen LogP contribution in [0.3, 0.4) is 0 Å². The molecule has 3 aromatic heterocycles. The molecule has 5 N–H and O–H groups in total. The number of aliphatic hydroxyl groups excluding tert-OH is 2. The Kier molecular flexibility index (Phi) is 31.3. The number of carbonyl (C=O) groups excluding carboxylic acids is 4. The Hall–Kier alpha value is -13.4. The summed E-state index contributed by atoms with van der Waals surface area (Å²) in [6.07, 6.45) is -4.40. The number of Topliss-reactive ketones (excluding diaryl/α,β-unsaturated/α-hetero) is 1. The number of ether oxygens (including phenoxy) is 7. The normalized spacial score (nSPS) is 23.0. The van der Waals surface area contributed by atoms with Crippen LogP contribution in [0.1, 0.15) is 62.1 Å². The van der Waals surface area contributed by atoms with E-state index in [0.29, 0.717) is 100 Å². The Morgan fingerprint density at radius 3 is 1.35 bits per heavy atom. The topological polar surface area (TPSA) is 384 Å². The number of nitriles is 3. The predicted molar refractivity (Wildman–Crippen MR) is 493 cm³/mol. The number of methoxy groups -OCH3 is 1. The van der Waals surface area contributed by atoms with Gasteiger partial charge in [0.1, 0.15) is 114 Å². The van der Waals surface area contributed by atoms with E-state index in [0.717, 1.165) is 96.7 Å². The lowest BCUT2D eigenvalue weighted by atomic mass is 10.0. The molecular formula is C98H107F5N20O13. The molecule has 0 unspecified atom stereocenters. The number of anilines is 8. The second-order valence-electron chi connectivity index (χ2n) is 35.0. The third-order valence-corrected chi connectivity index (χ3v) is 25.7. The average molecular weight is 1870 g/mol. The van der Waals surface area contributed by atoms with Gasteiger partial charge in [-0.2, -0.15) is 15.8 Å². The van der Waals surface area contributed by atoms with Crippen molar-refractivity contribution in [2.24, 2.45) is 5.92 Å². The molecule has 1 aliphatic carbocycles. The van der Waals surface area contributed by atoms with Gasteiger partial charge in [-0.05, 0) is 166 Å². The fraction of sp³-hybridized carbons (Fsp3) is 0.439. The molecule has 3 amide bonds. The van der Waals surface area contributed by atoms with E-state index in [-0.39, 0.29) is 129 Å².